The van der Waals surface area contributed by atoms with E-state index in [0.29, 0.717) is 24.9 Å². The largest absolute Gasteiger partial charge is 0.490 e. The monoisotopic (exact) mass is 479 g/mol. The quantitative estimate of drug-likeness (QED) is 0.370. The molecule has 170 valence electrons. The average molecular weight is 480 g/mol. The van der Waals surface area contributed by atoms with E-state index in [2.05, 4.69) is 15.1 Å². The maximum Gasteiger partial charge on any atom is 0.312 e. The van der Waals surface area contributed by atoms with E-state index in [1.54, 1.807) is 0 Å². The zero-order valence-electron chi connectivity index (χ0n) is 17.4. The molecule has 1 aliphatic rings. The van der Waals surface area contributed by atoms with Crippen molar-refractivity contribution in [2.24, 2.45) is 0 Å². The minimum atomic E-state index is -3.89. The lowest BCUT2D eigenvalue weighted by atomic mass is 10.2. The smallest absolute Gasteiger partial charge is 0.312 e. The number of benzene rings is 1. The number of hydrogen-bond donors (Lipinski definition) is 0. The summed E-state index contributed by atoms with van der Waals surface area (Å²) < 4.78 is 38.2. The van der Waals surface area contributed by atoms with Gasteiger partial charge in [-0.25, -0.2) is 8.42 Å². The number of ether oxygens (including phenoxy) is 1. The lowest BCUT2D eigenvalue weighted by molar-refractivity contribution is -0.386. The minimum Gasteiger partial charge on any atom is -0.490 e. The predicted octanol–water partition coefficient (Wildman–Crippen LogP) is 2.78. The van der Waals surface area contributed by atoms with Crippen LogP contribution in [0.3, 0.4) is 0 Å². The highest BCUT2D eigenvalue weighted by molar-refractivity contribution is 7.89. The zero-order valence-corrected chi connectivity index (χ0v) is 19.0. The molecule has 0 bridgehead atoms. The average Bonchev–Trinajstić information content (AvgIpc) is 3.50. The number of nitrogens with zero attached hydrogens (tertiary/aromatic N) is 5. The molecule has 4 rings (SSSR count). The van der Waals surface area contributed by atoms with Gasteiger partial charge in [0.15, 0.2) is 5.75 Å². The Kier molecular flexibility index (Phi) is 6.24. The predicted molar refractivity (Wildman–Crippen MR) is 116 cm³/mol. The van der Waals surface area contributed by atoms with E-state index >= 15 is 0 Å². The fourth-order valence-corrected chi connectivity index (χ4v) is 5.60. The second-order valence-electron chi connectivity index (χ2n) is 7.13. The summed E-state index contributed by atoms with van der Waals surface area (Å²) >= 11 is 1.51. The van der Waals surface area contributed by atoms with E-state index in [-0.39, 0.29) is 29.8 Å². The van der Waals surface area contributed by atoms with Crippen molar-refractivity contribution in [1.29, 1.82) is 0 Å². The van der Waals surface area contributed by atoms with Crippen molar-refractivity contribution in [2.45, 2.75) is 17.9 Å². The summed E-state index contributed by atoms with van der Waals surface area (Å²) in [5, 5.41) is 21.4. The van der Waals surface area contributed by atoms with Gasteiger partial charge in [0.05, 0.1) is 27.8 Å². The Morgan fingerprint density at radius 1 is 1.22 bits per heavy atom. The second-order valence-corrected chi connectivity index (χ2v) is 10.0. The van der Waals surface area contributed by atoms with Gasteiger partial charge in [-0.05, 0) is 30.5 Å². The van der Waals surface area contributed by atoms with Crippen molar-refractivity contribution in [1.82, 2.24) is 19.4 Å². The fraction of sp³-hybridized carbons (Fsp3) is 0.368. The van der Waals surface area contributed by atoms with Gasteiger partial charge >= 0.3 is 5.69 Å². The lowest BCUT2D eigenvalue weighted by Crippen LogP contribution is -2.49. The topological polar surface area (TPSA) is 132 Å². The van der Waals surface area contributed by atoms with Crippen molar-refractivity contribution in [2.75, 3.05) is 33.3 Å². The third-order valence-corrected chi connectivity index (χ3v) is 8.09. The molecule has 11 nitrogen and oxygen atoms in total. The highest BCUT2D eigenvalue weighted by Crippen LogP contribution is 2.32. The summed E-state index contributed by atoms with van der Waals surface area (Å²) in [5.74, 6) is 0.939. The van der Waals surface area contributed by atoms with Crippen molar-refractivity contribution in [3.8, 4) is 16.5 Å². The van der Waals surface area contributed by atoms with Crippen LogP contribution in [0.2, 0.25) is 0 Å². The van der Waals surface area contributed by atoms with Gasteiger partial charge in [0.1, 0.15) is 0 Å². The highest BCUT2D eigenvalue weighted by atomic mass is 32.2. The number of piperazine rings is 1. The van der Waals surface area contributed by atoms with Crippen LogP contribution < -0.4 is 4.74 Å². The summed E-state index contributed by atoms with van der Waals surface area (Å²) in [7, 11) is -2.59. The molecule has 3 heterocycles. The zero-order chi connectivity index (χ0) is 22.9. The Morgan fingerprint density at radius 3 is 2.59 bits per heavy atom. The van der Waals surface area contributed by atoms with Crippen LogP contribution in [-0.2, 0) is 10.0 Å². The Balaban J connectivity index is 1.45. The number of aromatic nitrogens is 2. The van der Waals surface area contributed by atoms with Gasteiger partial charge in [-0.1, -0.05) is 6.07 Å². The molecular weight excluding hydrogens is 458 g/mol. The molecule has 0 N–H and O–H groups in total. The molecule has 32 heavy (non-hydrogen) atoms. The van der Waals surface area contributed by atoms with Gasteiger partial charge in [-0.3, -0.25) is 15.0 Å². The molecule has 1 atom stereocenters. The highest BCUT2D eigenvalue weighted by Gasteiger charge is 2.33. The summed E-state index contributed by atoms with van der Waals surface area (Å²) in [6.45, 7) is 3.31. The van der Waals surface area contributed by atoms with Crippen molar-refractivity contribution in [3.05, 3.63) is 51.7 Å². The first-order valence-electron chi connectivity index (χ1n) is 9.75. The molecular formula is C19H21N5O6S2. The van der Waals surface area contributed by atoms with Crippen LogP contribution in [-0.4, -0.2) is 66.0 Å². The van der Waals surface area contributed by atoms with Crippen LogP contribution in [0, 0.1) is 10.1 Å². The number of methoxy groups -OCH3 is 1. The molecule has 0 radical (unpaired) electrons. The van der Waals surface area contributed by atoms with E-state index in [1.165, 1.54) is 34.9 Å². The Hall–Kier alpha value is -2.87. The van der Waals surface area contributed by atoms with Gasteiger partial charge in [0, 0.05) is 32.2 Å². The van der Waals surface area contributed by atoms with E-state index in [1.807, 2.05) is 24.4 Å². The Bertz CT molecular complexity index is 1200. The second kappa shape index (κ2) is 8.94. The Labute approximate surface area is 188 Å². The van der Waals surface area contributed by atoms with Crippen molar-refractivity contribution in [3.63, 3.8) is 0 Å². The third-order valence-electron chi connectivity index (χ3n) is 5.34. The van der Waals surface area contributed by atoms with E-state index < -0.39 is 20.6 Å². The van der Waals surface area contributed by atoms with Gasteiger partial charge < -0.3 is 9.15 Å². The van der Waals surface area contributed by atoms with Gasteiger partial charge in [0.25, 0.3) is 5.89 Å². The normalized spacial score (nSPS) is 16.7. The molecule has 1 unspecified atom stereocenters. The molecule has 0 spiro atoms. The number of nitro benzene ring substituents is 1. The summed E-state index contributed by atoms with van der Waals surface area (Å²) in [6, 6.07) is 7.28. The number of hydrogen-bond acceptors (Lipinski definition) is 10. The number of sulfonamides is 1. The van der Waals surface area contributed by atoms with Crippen LogP contribution >= 0.6 is 11.3 Å². The van der Waals surface area contributed by atoms with Crippen LogP contribution in [0.15, 0.2) is 45.0 Å². The molecule has 2 aromatic heterocycles. The van der Waals surface area contributed by atoms with Crippen LogP contribution in [0.5, 0.6) is 5.75 Å². The van der Waals surface area contributed by atoms with Crippen LogP contribution in [0.1, 0.15) is 18.9 Å². The van der Waals surface area contributed by atoms with E-state index in [0.717, 1.165) is 10.9 Å². The molecule has 1 aromatic carbocycles. The maximum atomic E-state index is 13.0. The molecule has 13 heteroatoms. The Morgan fingerprint density at radius 2 is 1.97 bits per heavy atom. The number of rotatable bonds is 7. The van der Waals surface area contributed by atoms with Crippen molar-refractivity contribution < 1.29 is 22.5 Å². The molecule has 1 saturated heterocycles. The molecule has 0 amide bonds. The van der Waals surface area contributed by atoms with E-state index in [9.17, 15) is 18.5 Å². The standard InChI is InChI=1S/C19H21N5O6S2/c1-13(18-20-21-19(30-18)17-4-3-11-31-17)22-7-9-23(10-8-22)32(27,28)14-5-6-16(29-2)15(12-14)24(25)26/h3-6,11-13H,7-10H2,1-2H3. The van der Waals surface area contributed by atoms with Gasteiger partial charge in [0.2, 0.25) is 15.9 Å². The number of thiophene rings is 1. The first-order valence-corrected chi connectivity index (χ1v) is 12.1. The van der Waals surface area contributed by atoms with Crippen molar-refractivity contribution >= 4 is 27.0 Å². The van der Waals surface area contributed by atoms with E-state index in [4.69, 9.17) is 9.15 Å². The minimum absolute atomic E-state index is 0.00840. The van der Waals surface area contributed by atoms with Gasteiger partial charge in [-0.2, -0.15) is 4.31 Å². The molecule has 3 aromatic rings. The SMILES string of the molecule is COc1ccc(S(=O)(=O)N2CCN(C(C)c3nnc(-c4cccs4)o3)CC2)cc1[N+](=O)[O-]. The van der Waals surface area contributed by atoms with Gasteiger partial charge in [-0.15, -0.1) is 21.5 Å². The fourth-order valence-electron chi connectivity index (χ4n) is 3.51. The third kappa shape index (κ3) is 4.24. The first-order chi connectivity index (χ1) is 15.3. The lowest BCUT2D eigenvalue weighted by Gasteiger charge is -2.36. The number of nitro groups is 1. The summed E-state index contributed by atoms with van der Waals surface area (Å²) in [6.07, 6.45) is 0. The molecule has 0 aliphatic carbocycles. The maximum absolute atomic E-state index is 13.0. The molecule has 1 fully saturated rings. The molecule has 0 saturated carbocycles. The first kappa shape index (κ1) is 22.3. The van der Waals surface area contributed by atoms with Crippen LogP contribution in [0.4, 0.5) is 5.69 Å². The van der Waals surface area contributed by atoms with Crippen LogP contribution in [0.25, 0.3) is 10.8 Å². The summed E-state index contributed by atoms with van der Waals surface area (Å²) in [4.78, 5) is 13.4. The summed E-state index contributed by atoms with van der Waals surface area (Å²) in [5.41, 5.74) is -0.390. The molecule has 1 aliphatic heterocycles.